The number of ether oxygens (including phenoxy) is 1. The molecule has 3 amide bonds. The van der Waals surface area contributed by atoms with Gasteiger partial charge in [-0.1, -0.05) is 16.9 Å². The first-order valence-corrected chi connectivity index (χ1v) is 16.6. The van der Waals surface area contributed by atoms with Gasteiger partial charge in [-0.2, -0.15) is 9.36 Å². The lowest BCUT2D eigenvalue weighted by molar-refractivity contribution is -0.150. The van der Waals surface area contributed by atoms with Crippen LogP contribution in [0.5, 0.6) is 0 Å². The quantitative estimate of drug-likeness (QED) is 0.0523. The summed E-state index contributed by atoms with van der Waals surface area (Å²) in [5.41, 5.74) is 4.76. The van der Waals surface area contributed by atoms with Crippen LogP contribution in [-0.4, -0.2) is 122 Å². The van der Waals surface area contributed by atoms with Gasteiger partial charge >= 0.3 is 18.0 Å². The van der Waals surface area contributed by atoms with Crippen molar-refractivity contribution in [2.24, 2.45) is 5.16 Å². The van der Waals surface area contributed by atoms with Crippen LogP contribution in [0.4, 0.5) is 9.93 Å². The van der Waals surface area contributed by atoms with Gasteiger partial charge in [-0.15, -0.1) is 16.9 Å². The Balaban J connectivity index is 1.35. The highest BCUT2D eigenvalue weighted by Gasteiger charge is 2.54. The number of aliphatic carboxylic acids is 2. The van der Waals surface area contributed by atoms with Crippen molar-refractivity contribution in [1.29, 1.82) is 0 Å². The molecule has 2 aliphatic rings. The minimum absolute atomic E-state index is 0.00993. The van der Waals surface area contributed by atoms with Crippen LogP contribution in [0.2, 0.25) is 0 Å². The number of nitrogen functional groups attached to an aromatic ring is 1. The van der Waals surface area contributed by atoms with Crippen LogP contribution in [0.15, 0.2) is 21.6 Å². The fourth-order valence-corrected chi connectivity index (χ4v) is 6.98. The number of rotatable bonds is 15. The number of carboxylic acids is 2. The molecule has 0 bridgehead atoms. The molecule has 0 radical (unpaired) electrons. The lowest BCUT2D eigenvalue weighted by atomic mass is 10.0. The Morgan fingerprint density at radius 1 is 1.21 bits per heavy atom. The van der Waals surface area contributed by atoms with Crippen molar-refractivity contribution in [1.82, 2.24) is 45.1 Å². The third-order valence-corrected chi connectivity index (χ3v) is 9.01. The van der Waals surface area contributed by atoms with E-state index in [0.717, 1.165) is 16.4 Å². The van der Waals surface area contributed by atoms with Crippen LogP contribution >= 0.6 is 35.1 Å². The number of carbonyl (C=O) groups excluding carboxylic acids is 3. The summed E-state index contributed by atoms with van der Waals surface area (Å²) in [5.74, 6) is -4.09. The molecule has 2 aromatic rings. The maximum Gasteiger partial charge on any atom is 0.407 e. The number of aromatic nitrogens is 6. The van der Waals surface area contributed by atoms with Gasteiger partial charge in [0.05, 0.1) is 0 Å². The molecule has 4 heterocycles. The van der Waals surface area contributed by atoms with Crippen molar-refractivity contribution < 1.29 is 43.8 Å². The number of oxime groups is 1. The number of carboxylic acid groups (broad SMARTS) is 2. The number of aryl methyl sites for hydroxylation is 1. The number of nitrogens with zero attached hydrogens (tertiary/aromatic N) is 8. The fourth-order valence-electron chi connectivity index (χ4n) is 4.15. The van der Waals surface area contributed by atoms with E-state index >= 15 is 0 Å². The first kappa shape index (κ1) is 35.3. The predicted octanol–water partition coefficient (Wildman–Crippen LogP) is -0.252. The van der Waals surface area contributed by atoms with E-state index < -0.39 is 59.2 Å². The van der Waals surface area contributed by atoms with Crippen molar-refractivity contribution in [2.45, 2.75) is 62.3 Å². The summed E-state index contributed by atoms with van der Waals surface area (Å²) in [5, 5.41) is 39.0. The summed E-state index contributed by atoms with van der Waals surface area (Å²) in [6, 6.07) is -1.12. The third kappa shape index (κ3) is 9.28. The summed E-state index contributed by atoms with van der Waals surface area (Å²) in [7, 11) is 0. The molecule has 4 rings (SSSR count). The number of anilines is 1. The van der Waals surface area contributed by atoms with Gasteiger partial charge in [0.1, 0.15) is 22.7 Å². The normalized spacial score (nSPS) is 17.9. The molecule has 1 saturated heterocycles. The maximum atomic E-state index is 13.2. The number of nitrogens with two attached hydrogens (primary N) is 1. The van der Waals surface area contributed by atoms with Gasteiger partial charge in [0.15, 0.2) is 5.13 Å². The molecule has 2 aromatic heterocycles. The number of carbonyl (C=O) groups is 5. The van der Waals surface area contributed by atoms with Gasteiger partial charge in [0.25, 0.3) is 11.8 Å². The fraction of sp³-hybridized carbons (Fsp3) is 0.542. The monoisotopic (exact) mass is 713 g/mol. The van der Waals surface area contributed by atoms with Crippen LogP contribution < -0.4 is 16.4 Å². The zero-order chi connectivity index (χ0) is 34.3. The second-order valence-corrected chi connectivity index (χ2v) is 13.6. The van der Waals surface area contributed by atoms with Crippen molar-refractivity contribution >= 4 is 75.7 Å². The highest BCUT2D eigenvalue weighted by Crippen LogP contribution is 2.41. The number of tetrazole rings is 1. The standard InChI is InChI=1S/C24H31N11O9S3/c1-24(2,3)44-23(42)26-6-4-5-7-34-22(29-32-33-34)46-10-11-9-45-19-14(18(39)35(19)15(11)20(40)41)27-17(38)13(30-43-8-12(36)37)16-28-21(25)47-31-16/h14,19H,4-10H2,1-3H3,(H,26,42)(H,27,38)(H,36,37)(H,40,41)(H2,25,28,31)/t14?,19-/m0/s1. The number of β-lactam (4-membered cyclic amide) rings is 1. The number of fused-ring (bicyclic) bond motifs is 1. The molecule has 23 heteroatoms. The Bertz CT molecular complexity index is 1590. The van der Waals surface area contributed by atoms with Crippen LogP contribution in [0.3, 0.4) is 0 Å². The van der Waals surface area contributed by atoms with Crippen molar-refractivity contribution in [3.05, 3.63) is 17.1 Å². The summed E-state index contributed by atoms with van der Waals surface area (Å²) in [6.07, 6.45) is 0.788. The topological polar surface area (TPSA) is 279 Å². The molecule has 47 heavy (non-hydrogen) atoms. The summed E-state index contributed by atoms with van der Waals surface area (Å²) in [6.45, 7) is 5.34. The van der Waals surface area contributed by atoms with E-state index in [2.05, 4.69) is 45.5 Å². The average molecular weight is 714 g/mol. The van der Waals surface area contributed by atoms with Crippen molar-refractivity contribution in [2.75, 3.05) is 30.4 Å². The van der Waals surface area contributed by atoms with Crippen LogP contribution in [0.25, 0.3) is 0 Å². The minimum Gasteiger partial charge on any atom is -0.479 e. The number of unbranched alkanes of at least 4 members (excludes halogenated alkanes) is 1. The highest BCUT2D eigenvalue weighted by molar-refractivity contribution is 8.01. The van der Waals surface area contributed by atoms with Crippen molar-refractivity contribution in [3.8, 4) is 0 Å². The van der Waals surface area contributed by atoms with Gasteiger partial charge < -0.3 is 36.2 Å². The van der Waals surface area contributed by atoms with E-state index in [9.17, 15) is 29.1 Å². The van der Waals surface area contributed by atoms with E-state index in [-0.39, 0.29) is 28.2 Å². The number of hydrogen-bond acceptors (Lipinski definition) is 17. The Labute approximate surface area is 279 Å². The first-order chi connectivity index (χ1) is 22.2. The van der Waals surface area contributed by atoms with E-state index in [1.54, 1.807) is 25.5 Å². The molecule has 0 spiro atoms. The Kier molecular flexibility index (Phi) is 11.6. The maximum absolute atomic E-state index is 13.2. The van der Waals surface area contributed by atoms with Crippen molar-refractivity contribution in [3.63, 3.8) is 0 Å². The first-order valence-electron chi connectivity index (χ1n) is 13.8. The number of alkyl carbamates (subject to hydrolysis) is 1. The second-order valence-electron chi connectivity index (χ2n) is 10.8. The molecular weight excluding hydrogens is 683 g/mol. The molecule has 2 aliphatic heterocycles. The molecule has 20 nitrogen and oxygen atoms in total. The lowest BCUT2D eigenvalue weighted by Gasteiger charge is -2.49. The predicted molar refractivity (Wildman–Crippen MR) is 166 cm³/mol. The summed E-state index contributed by atoms with van der Waals surface area (Å²) < 4.78 is 10.7. The number of amides is 3. The van der Waals surface area contributed by atoms with Gasteiger partial charge in [-0.25, -0.2) is 19.1 Å². The lowest BCUT2D eigenvalue weighted by Crippen LogP contribution is -2.71. The Hall–Kier alpha value is -4.51. The average Bonchev–Trinajstić information content (AvgIpc) is 3.63. The van der Waals surface area contributed by atoms with Gasteiger partial charge in [-0.3, -0.25) is 14.5 Å². The third-order valence-electron chi connectivity index (χ3n) is 6.09. The van der Waals surface area contributed by atoms with Gasteiger partial charge in [-0.05, 0) is 49.6 Å². The molecule has 0 saturated carbocycles. The van der Waals surface area contributed by atoms with Gasteiger partial charge in [0.2, 0.25) is 23.3 Å². The molecular formula is C24H31N11O9S3. The van der Waals surface area contributed by atoms with E-state index in [0.29, 0.717) is 36.7 Å². The van der Waals surface area contributed by atoms with E-state index in [4.69, 9.17) is 15.6 Å². The Morgan fingerprint density at radius 2 is 1.98 bits per heavy atom. The SMILES string of the molecule is CC(C)(C)OC(=O)NCCCCn1nnnc1SCC1=C(C(=O)O)N2C(=O)C(NC(=O)C(=NOCC(=O)O)c3nsc(N)n3)[C@@H]2SC1. The molecule has 0 aliphatic carbocycles. The molecule has 0 aromatic carbocycles. The van der Waals surface area contributed by atoms with Crippen LogP contribution in [-0.2, 0) is 35.3 Å². The van der Waals surface area contributed by atoms with E-state index in [1.807, 2.05) is 0 Å². The number of nitrogens with one attached hydrogen (secondary N) is 2. The number of hydrogen-bond donors (Lipinski definition) is 5. The van der Waals surface area contributed by atoms with Gasteiger partial charge in [0, 0.05) is 36.1 Å². The number of thioether (sulfide) groups is 2. The molecule has 1 unspecified atom stereocenters. The molecule has 1 fully saturated rings. The minimum atomic E-state index is -1.34. The highest BCUT2D eigenvalue weighted by atomic mass is 32.2. The summed E-state index contributed by atoms with van der Waals surface area (Å²) in [4.78, 5) is 70.7. The smallest absolute Gasteiger partial charge is 0.407 e. The second kappa shape index (κ2) is 15.4. The van der Waals surface area contributed by atoms with E-state index in [1.165, 1.54) is 23.5 Å². The zero-order valence-corrected chi connectivity index (χ0v) is 27.7. The largest absolute Gasteiger partial charge is 0.479 e. The van der Waals surface area contributed by atoms with Crippen LogP contribution in [0, 0.1) is 0 Å². The molecule has 254 valence electrons. The summed E-state index contributed by atoms with van der Waals surface area (Å²) >= 11 is 3.22. The molecule has 6 N–H and O–H groups in total. The Morgan fingerprint density at radius 3 is 2.64 bits per heavy atom. The van der Waals surface area contributed by atoms with Crippen LogP contribution in [0.1, 0.15) is 39.4 Å². The zero-order valence-electron chi connectivity index (χ0n) is 25.2. The molecule has 2 atom stereocenters.